The van der Waals surface area contributed by atoms with Crippen molar-refractivity contribution < 1.29 is 0 Å². The van der Waals surface area contributed by atoms with E-state index in [0.29, 0.717) is 0 Å². The Kier molecular flexibility index (Phi) is 3.36. The van der Waals surface area contributed by atoms with Crippen molar-refractivity contribution in [2.24, 2.45) is 11.8 Å². The van der Waals surface area contributed by atoms with Crippen LogP contribution in [0.1, 0.15) is 13.3 Å². The summed E-state index contributed by atoms with van der Waals surface area (Å²) in [5.41, 5.74) is 0. The fraction of sp³-hybridized carbons (Fsp3) is 0.545. The van der Waals surface area contributed by atoms with Gasteiger partial charge in [-0.15, -0.1) is 0 Å². The maximum atomic E-state index is 4.42. The number of pyridine rings is 1. The molecule has 1 aliphatic carbocycles. The summed E-state index contributed by atoms with van der Waals surface area (Å²) < 4.78 is 2.05. The van der Waals surface area contributed by atoms with Gasteiger partial charge in [0.25, 0.3) is 0 Å². The van der Waals surface area contributed by atoms with Crippen LogP contribution in [-0.2, 0) is 0 Å². The molecule has 15 heavy (non-hydrogen) atoms. The average molecular weight is 334 g/mol. The summed E-state index contributed by atoms with van der Waals surface area (Å²) in [4.78, 5) is 6.64. The largest absolute Gasteiger partial charge is 0.358 e. The molecule has 0 saturated heterocycles. The minimum atomic E-state index is 0.854. The molecule has 0 bridgehead atoms. The van der Waals surface area contributed by atoms with E-state index in [1.54, 1.807) is 0 Å². The lowest BCUT2D eigenvalue weighted by Gasteiger charge is -2.19. The fourth-order valence-electron chi connectivity index (χ4n) is 1.78. The second kappa shape index (κ2) is 4.42. The van der Waals surface area contributed by atoms with E-state index in [9.17, 15) is 0 Å². The molecule has 4 heteroatoms. The predicted octanol–water partition coefficient (Wildman–Crippen LogP) is 3.70. The average Bonchev–Trinajstić information content (AvgIpc) is 2.81. The lowest BCUT2D eigenvalue weighted by molar-refractivity contribution is 0.718. The molecule has 1 aromatic heterocycles. The first-order valence-corrected chi connectivity index (χ1v) is 6.68. The van der Waals surface area contributed by atoms with E-state index in [2.05, 4.69) is 55.7 Å². The zero-order valence-corrected chi connectivity index (χ0v) is 12.0. The van der Waals surface area contributed by atoms with Crippen LogP contribution in [0.5, 0.6) is 0 Å². The van der Waals surface area contributed by atoms with Crippen LogP contribution in [0.25, 0.3) is 0 Å². The molecule has 1 saturated carbocycles. The van der Waals surface area contributed by atoms with Gasteiger partial charge < -0.3 is 4.90 Å². The number of nitrogens with zero attached hydrogens (tertiary/aromatic N) is 2. The maximum Gasteiger partial charge on any atom is 0.142 e. The molecule has 2 nitrogen and oxygen atoms in total. The highest BCUT2D eigenvalue weighted by atomic mass is 79.9. The number of halogens is 2. The van der Waals surface area contributed by atoms with E-state index in [1.165, 1.54) is 6.42 Å². The van der Waals surface area contributed by atoms with Crippen molar-refractivity contribution in [2.75, 3.05) is 18.5 Å². The Labute approximate surface area is 107 Å². The molecule has 0 amide bonds. The van der Waals surface area contributed by atoms with Gasteiger partial charge in [-0.25, -0.2) is 4.98 Å². The SMILES string of the molecule is CC1CC1CN(C)c1ncc(Br)cc1Br. The fourth-order valence-corrected chi connectivity index (χ4v) is 3.07. The molecule has 1 fully saturated rings. The van der Waals surface area contributed by atoms with Crippen molar-refractivity contribution >= 4 is 37.7 Å². The van der Waals surface area contributed by atoms with Crippen molar-refractivity contribution in [2.45, 2.75) is 13.3 Å². The highest BCUT2D eigenvalue weighted by Gasteiger charge is 2.33. The standard InChI is InChI=1S/C11H14Br2N2/c1-7-3-8(7)6-15(2)11-10(13)4-9(12)5-14-11/h4-5,7-8H,3,6H2,1-2H3. The summed E-state index contributed by atoms with van der Waals surface area (Å²) in [5, 5.41) is 0. The first kappa shape index (κ1) is 11.4. The molecule has 0 radical (unpaired) electrons. The third kappa shape index (κ3) is 2.72. The van der Waals surface area contributed by atoms with Gasteiger partial charge in [0.15, 0.2) is 0 Å². The van der Waals surface area contributed by atoms with E-state index >= 15 is 0 Å². The van der Waals surface area contributed by atoms with Crippen LogP contribution in [-0.4, -0.2) is 18.6 Å². The van der Waals surface area contributed by atoms with Crippen molar-refractivity contribution in [3.05, 3.63) is 21.2 Å². The molecule has 1 aromatic rings. The summed E-state index contributed by atoms with van der Waals surface area (Å²) in [6, 6.07) is 2.04. The zero-order chi connectivity index (χ0) is 11.0. The molecule has 2 unspecified atom stereocenters. The summed E-state index contributed by atoms with van der Waals surface area (Å²) in [6.07, 6.45) is 3.20. The van der Waals surface area contributed by atoms with Crippen LogP contribution in [0.3, 0.4) is 0 Å². The molecule has 2 rings (SSSR count). The monoisotopic (exact) mass is 332 g/mol. The Morgan fingerprint density at radius 2 is 2.20 bits per heavy atom. The van der Waals surface area contributed by atoms with Gasteiger partial charge >= 0.3 is 0 Å². The van der Waals surface area contributed by atoms with Gasteiger partial charge in [-0.2, -0.15) is 0 Å². The second-order valence-electron chi connectivity index (χ2n) is 4.31. The van der Waals surface area contributed by atoms with Gasteiger partial charge in [-0.05, 0) is 56.2 Å². The predicted molar refractivity (Wildman–Crippen MR) is 70.2 cm³/mol. The second-order valence-corrected chi connectivity index (χ2v) is 6.08. The molecule has 0 aliphatic heterocycles. The number of aromatic nitrogens is 1. The lowest BCUT2D eigenvalue weighted by Crippen LogP contribution is -2.21. The number of rotatable bonds is 3. The van der Waals surface area contributed by atoms with Gasteiger partial charge in [-0.1, -0.05) is 6.92 Å². The molecular formula is C11H14Br2N2. The maximum absolute atomic E-state index is 4.42. The van der Waals surface area contributed by atoms with E-state index < -0.39 is 0 Å². The molecule has 0 N–H and O–H groups in total. The summed E-state index contributed by atoms with van der Waals surface area (Å²) in [5.74, 6) is 2.77. The van der Waals surface area contributed by atoms with E-state index in [0.717, 1.165) is 33.1 Å². The van der Waals surface area contributed by atoms with E-state index in [4.69, 9.17) is 0 Å². The Hall–Kier alpha value is -0.0900. The third-order valence-electron chi connectivity index (χ3n) is 2.93. The van der Waals surface area contributed by atoms with Gasteiger partial charge in [0.05, 0.1) is 4.47 Å². The van der Waals surface area contributed by atoms with Gasteiger partial charge in [0, 0.05) is 24.3 Å². The zero-order valence-electron chi connectivity index (χ0n) is 8.87. The molecule has 2 atom stereocenters. The Morgan fingerprint density at radius 1 is 1.53 bits per heavy atom. The van der Waals surface area contributed by atoms with Crippen LogP contribution in [0.15, 0.2) is 21.2 Å². The van der Waals surface area contributed by atoms with Crippen LogP contribution < -0.4 is 4.90 Å². The summed E-state index contributed by atoms with van der Waals surface area (Å²) >= 11 is 6.95. The molecule has 1 aliphatic rings. The molecular weight excluding hydrogens is 320 g/mol. The minimum Gasteiger partial charge on any atom is -0.358 e. The van der Waals surface area contributed by atoms with Crippen LogP contribution >= 0.6 is 31.9 Å². The Balaban J connectivity index is 2.07. The number of hydrogen-bond donors (Lipinski definition) is 0. The molecule has 1 heterocycles. The normalized spacial score (nSPS) is 24.0. The van der Waals surface area contributed by atoms with E-state index in [1.807, 2.05) is 12.3 Å². The topological polar surface area (TPSA) is 16.1 Å². The van der Waals surface area contributed by atoms with Crippen LogP contribution in [0, 0.1) is 11.8 Å². The lowest BCUT2D eigenvalue weighted by atomic mass is 10.3. The smallest absolute Gasteiger partial charge is 0.142 e. The third-order valence-corrected chi connectivity index (χ3v) is 3.95. The Bertz CT molecular complexity index is 368. The molecule has 82 valence electrons. The molecule has 0 spiro atoms. The Morgan fingerprint density at radius 3 is 2.73 bits per heavy atom. The van der Waals surface area contributed by atoms with Crippen molar-refractivity contribution in [1.82, 2.24) is 4.98 Å². The van der Waals surface area contributed by atoms with Crippen LogP contribution in [0.4, 0.5) is 5.82 Å². The summed E-state index contributed by atoms with van der Waals surface area (Å²) in [6.45, 7) is 3.41. The quantitative estimate of drug-likeness (QED) is 0.838. The number of hydrogen-bond acceptors (Lipinski definition) is 2. The number of anilines is 1. The highest BCUT2D eigenvalue weighted by molar-refractivity contribution is 9.11. The highest BCUT2D eigenvalue weighted by Crippen LogP contribution is 2.39. The van der Waals surface area contributed by atoms with Crippen LogP contribution in [0.2, 0.25) is 0 Å². The minimum absolute atomic E-state index is 0.854. The van der Waals surface area contributed by atoms with Gasteiger partial charge in [0.2, 0.25) is 0 Å². The van der Waals surface area contributed by atoms with Gasteiger partial charge in [-0.3, -0.25) is 0 Å². The summed E-state index contributed by atoms with van der Waals surface area (Å²) in [7, 11) is 2.10. The van der Waals surface area contributed by atoms with Crippen molar-refractivity contribution in [1.29, 1.82) is 0 Å². The van der Waals surface area contributed by atoms with Crippen molar-refractivity contribution in [3.8, 4) is 0 Å². The molecule has 0 aromatic carbocycles. The first-order valence-electron chi connectivity index (χ1n) is 5.10. The first-order chi connectivity index (χ1) is 7.08. The van der Waals surface area contributed by atoms with E-state index in [-0.39, 0.29) is 0 Å². The van der Waals surface area contributed by atoms with Crippen molar-refractivity contribution in [3.63, 3.8) is 0 Å². The van der Waals surface area contributed by atoms with Gasteiger partial charge in [0.1, 0.15) is 5.82 Å².